The number of ether oxygens (including phenoxy) is 1. The molecule has 2 aromatic heterocycles. The minimum Gasteiger partial charge on any atom is -0.381 e. The number of methoxy groups -OCH3 is 1. The molecule has 4 aromatic rings. The van der Waals surface area contributed by atoms with E-state index in [9.17, 15) is 0 Å². The van der Waals surface area contributed by atoms with E-state index in [1.807, 2.05) is 7.11 Å². The topological polar surface area (TPSA) is 70.2 Å². The monoisotopic (exact) mass is 550 g/mol. The van der Waals surface area contributed by atoms with Gasteiger partial charge in [0.05, 0.1) is 17.3 Å². The Balaban J connectivity index is 1.38. The predicted molar refractivity (Wildman–Crippen MR) is 166 cm³/mol. The molecule has 2 bridgehead atoms. The Labute approximate surface area is 243 Å². The molecule has 0 aliphatic carbocycles. The standard InChI is InChI=1S/C34H42N6O/c1-19(2)23-9-7-20(3)30(15-23)39-14-13-28-27(18-39)34(40-24-10-11-25(40)17-26(16-24)41-6)36-33(35-28)31-21(4)8-12-29-32(31)22(5)37-38-29/h7-9,12,15,19,24-26H,10-11,13-14,16-18H2,1-6H3,(H,37,38)/t24-,25+,26?. The van der Waals surface area contributed by atoms with Gasteiger partial charge in [0, 0.05) is 66.6 Å². The van der Waals surface area contributed by atoms with Crippen LogP contribution in [-0.4, -0.2) is 52.0 Å². The van der Waals surface area contributed by atoms with Crippen LogP contribution in [0, 0.1) is 20.8 Å². The summed E-state index contributed by atoms with van der Waals surface area (Å²) in [7, 11) is 1.87. The number of benzene rings is 2. The Morgan fingerprint density at radius 1 is 0.976 bits per heavy atom. The van der Waals surface area contributed by atoms with Gasteiger partial charge < -0.3 is 14.5 Å². The van der Waals surface area contributed by atoms with Crippen molar-refractivity contribution in [3.63, 3.8) is 0 Å². The zero-order chi connectivity index (χ0) is 28.4. The van der Waals surface area contributed by atoms with Crippen LogP contribution in [0.2, 0.25) is 0 Å². The number of piperidine rings is 1. The summed E-state index contributed by atoms with van der Waals surface area (Å²) in [5, 5.41) is 8.89. The van der Waals surface area contributed by atoms with E-state index in [1.165, 1.54) is 46.5 Å². The Bertz CT molecular complexity index is 1610. The summed E-state index contributed by atoms with van der Waals surface area (Å²) in [6.07, 6.45) is 5.78. The molecule has 41 heavy (non-hydrogen) atoms. The fourth-order valence-electron chi connectivity index (χ4n) is 7.58. The highest BCUT2D eigenvalue weighted by Crippen LogP contribution is 2.44. The highest BCUT2D eigenvalue weighted by atomic mass is 16.5. The normalized spacial score (nSPS) is 22.2. The molecule has 0 radical (unpaired) electrons. The van der Waals surface area contributed by atoms with E-state index in [-0.39, 0.29) is 0 Å². The number of H-pyrrole nitrogens is 1. The molecule has 2 saturated heterocycles. The smallest absolute Gasteiger partial charge is 0.162 e. The zero-order valence-corrected chi connectivity index (χ0v) is 25.3. The first-order valence-electron chi connectivity index (χ1n) is 15.3. The van der Waals surface area contributed by atoms with Crippen molar-refractivity contribution in [3.8, 4) is 11.4 Å². The largest absolute Gasteiger partial charge is 0.381 e. The molecular weight excluding hydrogens is 508 g/mol. The third kappa shape index (κ3) is 4.40. The molecule has 1 unspecified atom stereocenters. The molecule has 0 spiro atoms. The zero-order valence-electron chi connectivity index (χ0n) is 25.3. The molecule has 3 aliphatic heterocycles. The lowest BCUT2D eigenvalue weighted by atomic mass is 9.95. The van der Waals surface area contributed by atoms with Gasteiger partial charge in [-0.3, -0.25) is 5.10 Å². The molecule has 2 aromatic carbocycles. The summed E-state index contributed by atoms with van der Waals surface area (Å²) < 4.78 is 5.87. The van der Waals surface area contributed by atoms with Crippen molar-refractivity contribution in [3.05, 3.63) is 64.0 Å². The van der Waals surface area contributed by atoms with Crippen LogP contribution in [0.15, 0.2) is 30.3 Å². The van der Waals surface area contributed by atoms with Gasteiger partial charge in [0.1, 0.15) is 5.82 Å². The molecular formula is C34H42N6O. The maximum atomic E-state index is 5.87. The first-order valence-corrected chi connectivity index (χ1v) is 15.3. The molecule has 3 aliphatic rings. The van der Waals surface area contributed by atoms with E-state index in [1.54, 1.807) is 0 Å². The predicted octanol–water partition coefficient (Wildman–Crippen LogP) is 6.78. The van der Waals surface area contributed by atoms with Crippen molar-refractivity contribution in [2.75, 3.05) is 23.5 Å². The molecule has 7 heteroatoms. The summed E-state index contributed by atoms with van der Waals surface area (Å²) >= 11 is 0. The first-order chi connectivity index (χ1) is 19.8. The fraction of sp³-hybridized carbons (Fsp3) is 0.500. The van der Waals surface area contributed by atoms with Gasteiger partial charge in [-0.25, -0.2) is 9.97 Å². The minimum atomic E-state index is 0.336. The van der Waals surface area contributed by atoms with E-state index >= 15 is 0 Å². The number of aryl methyl sites for hydroxylation is 3. The van der Waals surface area contributed by atoms with Crippen molar-refractivity contribution in [2.24, 2.45) is 0 Å². The number of hydrogen-bond donors (Lipinski definition) is 1. The van der Waals surface area contributed by atoms with Crippen LogP contribution in [-0.2, 0) is 17.7 Å². The molecule has 7 rings (SSSR count). The molecule has 5 heterocycles. The Hall–Kier alpha value is -3.45. The highest BCUT2D eigenvalue weighted by molar-refractivity contribution is 5.96. The van der Waals surface area contributed by atoms with Crippen molar-refractivity contribution < 1.29 is 4.74 Å². The average Bonchev–Trinajstić information content (AvgIpc) is 3.47. The van der Waals surface area contributed by atoms with E-state index in [0.717, 1.165) is 66.2 Å². The van der Waals surface area contributed by atoms with Gasteiger partial charge in [-0.2, -0.15) is 5.10 Å². The molecule has 214 valence electrons. The number of aromatic nitrogens is 4. The van der Waals surface area contributed by atoms with E-state index in [2.05, 4.69) is 84.9 Å². The fourth-order valence-corrected chi connectivity index (χ4v) is 7.58. The number of hydrogen-bond acceptors (Lipinski definition) is 6. The Kier molecular flexibility index (Phi) is 6.53. The lowest BCUT2D eigenvalue weighted by Crippen LogP contribution is -2.47. The maximum absolute atomic E-state index is 5.87. The van der Waals surface area contributed by atoms with E-state index in [4.69, 9.17) is 14.7 Å². The van der Waals surface area contributed by atoms with Gasteiger partial charge in [-0.05, 0) is 81.2 Å². The number of fused-ring (bicyclic) bond motifs is 4. The lowest BCUT2D eigenvalue weighted by molar-refractivity contribution is 0.0681. The number of rotatable bonds is 5. The molecule has 0 saturated carbocycles. The lowest BCUT2D eigenvalue weighted by Gasteiger charge is -2.42. The van der Waals surface area contributed by atoms with E-state index < -0.39 is 0 Å². The van der Waals surface area contributed by atoms with Gasteiger partial charge in [0.15, 0.2) is 5.82 Å². The molecule has 2 fully saturated rings. The van der Waals surface area contributed by atoms with Gasteiger partial charge in [0.25, 0.3) is 0 Å². The third-order valence-corrected chi connectivity index (χ3v) is 9.88. The Morgan fingerprint density at radius 3 is 2.46 bits per heavy atom. The van der Waals surface area contributed by atoms with Crippen molar-refractivity contribution in [2.45, 2.75) is 97.4 Å². The highest BCUT2D eigenvalue weighted by Gasteiger charge is 2.43. The summed E-state index contributed by atoms with van der Waals surface area (Å²) in [4.78, 5) is 16.1. The van der Waals surface area contributed by atoms with Crippen LogP contribution < -0.4 is 9.80 Å². The van der Waals surface area contributed by atoms with E-state index in [0.29, 0.717) is 24.1 Å². The molecule has 1 N–H and O–H groups in total. The number of aromatic amines is 1. The van der Waals surface area contributed by atoms with Crippen LogP contribution in [0.3, 0.4) is 0 Å². The first kappa shape index (κ1) is 26.4. The van der Waals surface area contributed by atoms with Gasteiger partial charge >= 0.3 is 0 Å². The van der Waals surface area contributed by atoms with Crippen LogP contribution in [0.4, 0.5) is 11.5 Å². The summed E-state index contributed by atoms with van der Waals surface area (Å²) in [6.45, 7) is 12.8. The van der Waals surface area contributed by atoms with Gasteiger partial charge in [0.2, 0.25) is 0 Å². The number of anilines is 2. The van der Waals surface area contributed by atoms with Crippen molar-refractivity contribution in [1.29, 1.82) is 0 Å². The van der Waals surface area contributed by atoms with Gasteiger partial charge in [-0.1, -0.05) is 32.0 Å². The van der Waals surface area contributed by atoms with Crippen LogP contribution in [0.5, 0.6) is 0 Å². The van der Waals surface area contributed by atoms with Crippen molar-refractivity contribution >= 4 is 22.4 Å². The molecule has 0 amide bonds. The van der Waals surface area contributed by atoms with Crippen LogP contribution in [0.25, 0.3) is 22.3 Å². The van der Waals surface area contributed by atoms with Crippen LogP contribution >= 0.6 is 0 Å². The summed E-state index contributed by atoms with van der Waals surface area (Å²) in [6, 6.07) is 12.1. The van der Waals surface area contributed by atoms with Crippen LogP contribution in [0.1, 0.15) is 79.1 Å². The maximum Gasteiger partial charge on any atom is 0.162 e. The summed E-state index contributed by atoms with van der Waals surface area (Å²) in [5.74, 6) is 2.49. The van der Waals surface area contributed by atoms with Crippen molar-refractivity contribution in [1.82, 2.24) is 20.2 Å². The summed E-state index contributed by atoms with van der Waals surface area (Å²) in [5.41, 5.74) is 10.9. The second-order valence-electron chi connectivity index (χ2n) is 12.8. The minimum absolute atomic E-state index is 0.336. The molecule has 3 atom stereocenters. The molecule has 7 nitrogen and oxygen atoms in total. The van der Waals surface area contributed by atoms with Gasteiger partial charge in [-0.15, -0.1) is 0 Å². The average molecular weight is 551 g/mol. The Morgan fingerprint density at radius 2 is 1.73 bits per heavy atom. The number of nitrogens with zero attached hydrogens (tertiary/aromatic N) is 5. The second kappa shape index (κ2) is 10.1. The second-order valence-corrected chi connectivity index (χ2v) is 12.8. The number of nitrogens with one attached hydrogen (secondary N) is 1. The SMILES string of the molecule is COC1C[C@H]2CC[C@@H](C1)N2c1nc(-c2c(C)ccc3n[nH]c(C)c23)nc2c1CN(c1cc(C(C)C)ccc1C)CC2. The third-order valence-electron chi connectivity index (χ3n) is 9.88. The quantitative estimate of drug-likeness (QED) is 0.295.